The minimum atomic E-state index is -0.100. The van der Waals surface area contributed by atoms with E-state index in [1.165, 1.54) is 30.4 Å². The normalized spacial score (nSPS) is 23.7. The lowest BCUT2D eigenvalue weighted by Crippen LogP contribution is -2.54. The fourth-order valence-corrected chi connectivity index (χ4v) is 2.88. The van der Waals surface area contributed by atoms with Gasteiger partial charge in [0, 0.05) is 19.6 Å². The van der Waals surface area contributed by atoms with Crippen molar-refractivity contribution in [3.05, 3.63) is 35.4 Å². The van der Waals surface area contributed by atoms with E-state index in [9.17, 15) is 4.79 Å². The maximum absolute atomic E-state index is 12.3. The molecule has 4 heteroatoms. The molecule has 2 aliphatic heterocycles. The molecule has 2 aliphatic rings. The van der Waals surface area contributed by atoms with Gasteiger partial charge in [-0.1, -0.05) is 30.7 Å². The van der Waals surface area contributed by atoms with Crippen molar-refractivity contribution in [2.24, 2.45) is 0 Å². The average molecular weight is 259 g/mol. The third kappa shape index (κ3) is 2.96. The topological polar surface area (TPSA) is 44.4 Å². The second kappa shape index (κ2) is 5.72. The smallest absolute Gasteiger partial charge is 0.251 e. The minimum Gasteiger partial charge on any atom is -0.301 e. The van der Waals surface area contributed by atoms with Crippen LogP contribution in [0.15, 0.2) is 24.3 Å². The summed E-state index contributed by atoms with van der Waals surface area (Å²) in [6, 6.07) is 8.24. The second-order valence-corrected chi connectivity index (χ2v) is 5.43. The van der Waals surface area contributed by atoms with Crippen LogP contribution in [0.1, 0.15) is 30.4 Å². The van der Waals surface area contributed by atoms with Crippen LogP contribution < -0.4 is 10.7 Å². The van der Waals surface area contributed by atoms with Gasteiger partial charge >= 0.3 is 0 Å². The summed E-state index contributed by atoms with van der Waals surface area (Å²) in [5.41, 5.74) is 5.65. The quantitative estimate of drug-likeness (QED) is 0.839. The van der Waals surface area contributed by atoms with Gasteiger partial charge in [0.2, 0.25) is 0 Å². The molecule has 0 radical (unpaired) electrons. The van der Waals surface area contributed by atoms with E-state index in [1.807, 2.05) is 6.07 Å². The van der Waals surface area contributed by atoms with Crippen molar-refractivity contribution >= 4 is 5.91 Å². The average Bonchev–Trinajstić information content (AvgIpc) is 2.48. The second-order valence-electron chi connectivity index (χ2n) is 5.43. The van der Waals surface area contributed by atoms with Gasteiger partial charge in [-0.05, 0) is 30.4 Å². The molecule has 0 bridgehead atoms. The number of rotatable bonds is 2. The zero-order valence-corrected chi connectivity index (χ0v) is 11.2. The fourth-order valence-electron chi connectivity index (χ4n) is 2.88. The molecule has 2 N–H and O–H groups in total. The number of nitrogens with one attached hydrogen (secondary N) is 2. The summed E-state index contributed by atoms with van der Waals surface area (Å²) in [7, 11) is 0. The molecular weight excluding hydrogens is 238 g/mol. The Balaban J connectivity index is 1.59. The van der Waals surface area contributed by atoms with Gasteiger partial charge in [0.05, 0.1) is 6.04 Å². The highest BCUT2D eigenvalue weighted by Gasteiger charge is 2.25. The van der Waals surface area contributed by atoms with E-state index in [4.69, 9.17) is 0 Å². The van der Waals surface area contributed by atoms with E-state index < -0.39 is 0 Å². The van der Waals surface area contributed by atoms with Crippen molar-refractivity contribution in [2.45, 2.75) is 38.3 Å². The minimum absolute atomic E-state index is 0.100. The molecule has 1 aromatic carbocycles. The molecule has 0 aromatic heterocycles. The molecule has 0 saturated carbocycles. The summed E-state index contributed by atoms with van der Waals surface area (Å²) in [5, 5.41) is 5.39. The third-order valence-corrected chi connectivity index (χ3v) is 4.02. The van der Waals surface area contributed by atoms with Crippen molar-refractivity contribution in [1.29, 1.82) is 0 Å². The summed E-state index contributed by atoms with van der Waals surface area (Å²) >= 11 is 0. The van der Waals surface area contributed by atoms with Crippen LogP contribution in [0.2, 0.25) is 0 Å². The van der Waals surface area contributed by atoms with Gasteiger partial charge in [0.15, 0.2) is 0 Å². The Bertz CT molecular complexity index is 454. The van der Waals surface area contributed by atoms with Crippen LogP contribution >= 0.6 is 0 Å². The van der Waals surface area contributed by atoms with Crippen LogP contribution in [0.5, 0.6) is 0 Å². The van der Waals surface area contributed by atoms with Gasteiger partial charge in [-0.3, -0.25) is 10.2 Å². The van der Waals surface area contributed by atoms with E-state index in [-0.39, 0.29) is 11.9 Å². The Morgan fingerprint density at radius 2 is 1.89 bits per heavy atom. The van der Waals surface area contributed by atoms with E-state index in [0.717, 1.165) is 26.1 Å². The van der Waals surface area contributed by atoms with Crippen LogP contribution in [0, 0.1) is 0 Å². The first-order valence-corrected chi connectivity index (χ1v) is 7.18. The first kappa shape index (κ1) is 12.6. The lowest BCUT2D eigenvalue weighted by Gasteiger charge is -2.31. The largest absolute Gasteiger partial charge is 0.301 e. The Hall–Kier alpha value is -1.39. The lowest BCUT2D eigenvalue weighted by molar-refractivity contribution is -0.128. The molecular formula is C15H21N3O. The van der Waals surface area contributed by atoms with Gasteiger partial charge in [-0.25, -0.2) is 5.01 Å². The number of amides is 1. The molecule has 1 atom stereocenters. The van der Waals surface area contributed by atoms with Crippen LogP contribution in [-0.4, -0.2) is 30.0 Å². The molecule has 0 aliphatic carbocycles. The number of hydrazine groups is 1. The predicted molar refractivity (Wildman–Crippen MR) is 74.3 cm³/mol. The summed E-state index contributed by atoms with van der Waals surface area (Å²) in [6.45, 7) is 2.75. The fraction of sp³-hybridized carbons (Fsp3) is 0.533. The van der Waals surface area contributed by atoms with Crippen molar-refractivity contribution in [3.63, 3.8) is 0 Å². The molecule has 0 spiro atoms. The first-order valence-electron chi connectivity index (χ1n) is 7.18. The molecule has 1 aromatic rings. The summed E-state index contributed by atoms with van der Waals surface area (Å²) < 4.78 is 0. The molecule has 19 heavy (non-hydrogen) atoms. The molecule has 1 saturated heterocycles. The number of hydrogen-bond donors (Lipinski definition) is 2. The molecule has 1 fully saturated rings. The number of benzene rings is 1. The predicted octanol–water partition coefficient (Wildman–Crippen LogP) is 1.22. The summed E-state index contributed by atoms with van der Waals surface area (Å²) in [6.07, 6.45) is 4.43. The maximum Gasteiger partial charge on any atom is 0.251 e. The van der Waals surface area contributed by atoms with Gasteiger partial charge in [0.1, 0.15) is 0 Å². The van der Waals surface area contributed by atoms with E-state index in [2.05, 4.69) is 34.0 Å². The number of fused-ring (bicyclic) bond motifs is 1. The molecule has 2 heterocycles. The lowest BCUT2D eigenvalue weighted by atomic mass is 9.95. The van der Waals surface area contributed by atoms with Crippen molar-refractivity contribution in [3.8, 4) is 0 Å². The highest BCUT2D eigenvalue weighted by atomic mass is 16.2. The molecule has 0 unspecified atom stereocenters. The maximum atomic E-state index is 12.3. The van der Waals surface area contributed by atoms with Gasteiger partial charge in [-0.15, -0.1) is 0 Å². The molecule has 4 nitrogen and oxygen atoms in total. The third-order valence-electron chi connectivity index (χ3n) is 4.02. The zero-order valence-electron chi connectivity index (χ0n) is 11.2. The van der Waals surface area contributed by atoms with Crippen LogP contribution in [-0.2, 0) is 17.8 Å². The monoisotopic (exact) mass is 259 g/mol. The Morgan fingerprint density at radius 3 is 2.68 bits per heavy atom. The van der Waals surface area contributed by atoms with Crippen LogP contribution in [0.3, 0.4) is 0 Å². The number of carbonyl (C=O) groups excluding carboxylic acids is 1. The van der Waals surface area contributed by atoms with Crippen molar-refractivity contribution in [1.82, 2.24) is 15.8 Å². The highest BCUT2D eigenvalue weighted by molar-refractivity contribution is 5.82. The highest BCUT2D eigenvalue weighted by Crippen LogP contribution is 2.16. The van der Waals surface area contributed by atoms with Crippen LogP contribution in [0.25, 0.3) is 0 Å². The van der Waals surface area contributed by atoms with Gasteiger partial charge in [0.25, 0.3) is 5.91 Å². The molecule has 102 valence electrons. The molecule has 1 amide bonds. The number of nitrogens with zero attached hydrogens (tertiary/aromatic N) is 1. The number of carbonyl (C=O) groups is 1. The van der Waals surface area contributed by atoms with Gasteiger partial charge in [-0.2, -0.15) is 0 Å². The van der Waals surface area contributed by atoms with Gasteiger partial charge < -0.3 is 5.32 Å². The van der Waals surface area contributed by atoms with Crippen molar-refractivity contribution < 1.29 is 4.79 Å². The first-order chi connectivity index (χ1) is 9.33. The SMILES string of the molecule is O=C(NN1CCCCC1)[C@@H]1Cc2ccccc2CN1. The molecule has 3 rings (SSSR count). The number of hydrogen-bond acceptors (Lipinski definition) is 3. The Labute approximate surface area is 114 Å². The zero-order chi connectivity index (χ0) is 13.1. The van der Waals surface area contributed by atoms with E-state index in [0.29, 0.717) is 0 Å². The van der Waals surface area contributed by atoms with Crippen LogP contribution in [0.4, 0.5) is 0 Å². The van der Waals surface area contributed by atoms with Crippen molar-refractivity contribution in [2.75, 3.05) is 13.1 Å². The van der Waals surface area contributed by atoms with E-state index in [1.54, 1.807) is 0 Å². The Morgan fingerprint density at radius 1 is 1.16 bits per heavy atom. The summed E-state index contributed by atoms with van der Waals surface area (Å²) in [5.74, 6) is 0.108. The standard InChI is InChI=1S/C15H21N3O/c19-15(17-18-8-4-1-5-9-18)14-10-12-6-2-3-7-13(12)11-16-14/h2-3,6-7,14,16H,1,4-5,8-11H2,(H,17,19)/t14-/m0/s1. The van der Waals surface area contributed by atoms with E-state index >= 15 is 0 Å². The summed E-state index contributed by atoms with van der Waals surface area (Å²) in [4.78, 5) is 12.3. The number of piperidine rings is 1. The Kier molecular flexibility index (Phi) is 3.80.